The van der Waals surface area contributed by atoms with Crippen LogP contribution in [0, 0.1) is 5.82 Å². The Labute approximate surface area is 109 Å². The highest BCUT2D eigenvalue weighted by Gasteiger charge is 2.21. The third-order valence-electron chi connectivity index (χ3n) is 2.62. The lowest BCUT2D eigenvalue weighted by molar-refractivity contribution is -0.141. The number of aliphatic carboxylic acids is 1. The van der Waals surface area contributed by atoms with Crippen molar-refractivity contribution < 1.29 is 23.8 Å². The summed E-state index contributed by atoms with van der Waals surface area (Å²) in [6.45, 7) is 1.37. The van der Waals surface area contributed by atoms with Gasteiger partial charge in [0.25, 0.3) is 0 Å². The van der Waals surface area contributed by atoms with Gasteiger partial charge in [-0.1, -0.05) is 0 Å². The van der Waals surface area contributed by atoms with Gasteiger partial charge in [0.1, 0.15) is 17.6 Å². The number of nitrogens with one attached hydrogen (secondary N) is 1. The van der Waals surface area contributed by atoms with E-state index >= 15 is 0 Å². The molecule has 0 bridgehead atoms. The normalized spacial score (nSPS) is 11.6. The zero-order chi connectivity index (χ0) is 14.6. The minimum atomic E-state index is -1.13. The smallest absolute Gasteiger partial charge is 0.326 e. The third-order valence-corrected chi connectivity index (χ3v) is 2.62. The molecule has 1 aromatic rings. The Kier molecular flexibility index (Phi) is 4.68. The molecule has 2 N–H and O–H groups in total. The Balaban J connectivity index is 2.82. The Bertz CT molecular complexity index is 493. The Morgan fingerprint density at radius 3 is 2.58 bits per heavy atom. The molecule has 0 heterocycles. The number of rotatable bonds is 4. The number of halogens is 1. The molecule has 0 radical (unpaired) electrons. The maximum atomic E-state index is 13.2. The van der Waals surface area contributed by atoms with Crippen LogP contribution in [-0.2, 0) is 4.79 Å². The molecular formula is C12H15FN2O4. The van der Waals surface area contributed by atoms with Gasteiger partial charge in [0, 0.05) is 24.9 Å². The summed E-state index contributed by atoms with van der Waals surface area (Å²) in [5, 5.41) is 11.2. The van der Waals surface area contributed by atoms with Crippen LogP contribution < -0.4 is 10.1 Å². The summed E-state index contributed by atoms with van der Waals surface area (Å²) in [6.07, 6.45) is 0. The number of methoxy groups -OCH3 is 1. The second-order valence-corrected chi connectivity index (χ2v) is 3.94. The molecule has 1 unspecified atom stereocenters. The van der Waals surface area contributed by atoms with Gasteiger partial charge in [0.05, 0.1) is 7.11 Å². The quantitative estimate of drug-likeness (QED) is 0.874. The maximum Gasteiger partial charge on any atom is 0.326 e. The molecule has 1 aromatic carbocycles. The van der Waals surface area contributed by atoms with Crippen LogP contribution in [0.2, 0.25) is 0 Å². The highest BCUT2D eigenvalue weighted by Crippen LogP contribution is 2.20. The predicted molar refractivity (Wildman–Crippen MR) is 66.8 cm³/mol. The average Bonchev–Trinajstić information content (AvgIpc) is 2.35. The number of urea groups is 1. The first-order valence-electron chi connectivity index (χ1n) is 5.46. The van der Waals surface area contributed by atoms with Crippen molar-refractivity contribution in [1.82, 2.24) is 4.90 Å². The van der Waals surface area contributed by atoms with Crippen LogP contribution in [0.3, 0.4) is 0 Å². The van der Waals surface area contributed by atoms with Crippen molar-refractivity contribution in [2.45, 2.75) is 13.0 Å². The molecule has 0 saturated heterocycles. The number of hydrogen-bond donors (Lipinski definition) is 2. The minimum Gasteiger partial charge on any atom is -0.497 e. The van der Waals surface area contributed by atoms with E-state index in [2.05, 4.69) is 5.32 Å². The maximum absolute atomic E-state index is 13.2. The van der Waals surface area contributed by atoms with Crippen molar-refractivity contribution in [3.8, 4) is 5.75 Å². The van der Waals surface area contributed by atoms with Gasteiger partial charge in [-0.3, -0.25) is 0 Å². The van der Waals surface area contributed by atoms with Crippen LogP contribution in [-0.4, -0.2) is 42.2 Å². The van der Waals surface area contributed by atoms with Gasteiger partial charge in [-0.2, -0.15) is 0 Å². The van der Waals surface area contributed by atoms with Crippen molar-refractivity contribution in [1.29, 1.82) is 0 Å². The number of benzene rings is 1. The van der Waals surface area contributed by atoms with Crippen molar-refractivity contribution in [3.63, 3.8) is 0 Å². The molecule has 0 aliphatic rings. The molecule has 0 aliphatic heterocycles. The number of hydrogen-bond acceptors (Lipinski definition) is 3. The zero-order valence-corrected chi connectivity index (χ0v) is 10.8. The Morgan fingerprint density at radius 1 is 1.42 bits per heavy atom. The molecule has 0 aromatic heterocycles. The summed E-state index contributed by atoms with van der Waals surface area (Å²) in [4.78, 5) is 23.5. The van der Waals surface area contributed by atoms with Crippen LogP contribution in [0.25, 0.3) is 0 Å². The molecule has 0 aliphatic carbocycles. The summed E-state index contributed by atoms with van der Waals surface area (Å²) in [7, 11) is 2.71. The number of carbonyl (C=O) groups excluding carboxylic acids is 1. The number of ether oxygens (including phenoxy) is 1. The molecule has 7 heteroatoms. The van der Waals surface area contributed by atoms with Gasteiger partial charge >= 0.3 is 12.0 Å². The number of likely N-dealkylation sites (N-methyl/N-ethyl adjacent to an activating group) is 1. The van der Waals surface area contributed by atoms with E-state index in [9.17, 15) is 14.0 Å². The highest BCUT2D eigenvalue weighted by atomic mass is 19.1. The van der Waals surface area contributed by atoms with Gasteiger partial charge in [0.2, 0.25) is 0 Å². The summed E-state index contributed by atoms with van der Waals surface area (Å²) in [5.41, 5.74) is 0.186. The monoisotopic (exact) mass is 270 g/mol. The van der Waals surface area contributed by atoms with Crippen molar-refractivity contribution in [3.05, 3.63) is 24.0 Å². The van der Waals surface area contributed by atoms with E-state index in [0.717, 1.165) is 11.0 Å². The van der Waals surface area contributed by atoms with Gasteiger partial charge < -0.3 is 20.1 Å². The lowest BCUT2D eigenvalue weighted by Gasteiger charge is -2.22. The van der Waals surface area contributed by atoms with Crippen LogP contribution in [0.4, 0.5) is 14.9 Å². The van der Waals surface area contributed by atoms with Gasteiger partial charge in [-0.05, 0) is 13.0 Å². The molecular weight excluding hydrogens is 255 g/mol. The number of amides is 2. The summed E-state index contributed by atoms with van der Waals surface area (Å²) in [5.74, 6) is -1.44. The minimum absolute atomic E-state index is 0.186. The van der Waals surface area contributed by atoms with Crippen LogP contribution in [0.5, 0.6) is 5.75 Å². The zero-order valence-electron chi connectivity index (χ0n) is 10.8. The van der Waals surface area contributed by atoms with E-state index in [0.29, 0.717) is 0 Å². The molecule has 104 valence electrons. The third kappa shape index (κ3) is 3.84. The summed E-state index contributed by atoms with van der Waals surface area (Å²) < 4.78 is 18.1. The van der Waals surface area contributed by atoms with E-state index in [1.54, 1.807) is 0 Å². The Morgan fingerprint density at radius 2 is 2.05 bits per heavy atom. The van der Waals surface area contributed by atoms with E-state index in [-0.39, 0.29) is 11.4 Å². The highest BCUT2D eigenvalue weighted by molar-refractivity contribution is 5.92. The van der Waals surface area contributed by atoms with Gasteiger partial charge in [0.15, 0.2) is 0 Å². The van der Waals surface area contributed by atoms with Gasteiger partial charge in [-0.25, -0.2) is 14.0 Å². The molecule has 0 spiro atoms. The second-order valence-electron chi connectivity index (χ2n) is 3.94. The standard InChI is InChI=1S/C12H15FN2O4/c1-7(11(16)17)15(2)12(18)14-9-4-8(13)5-10(6-9)19-3/h4-7H,1-3H3,(H,14,18)(H,16,17). The molecule has 19 heavy (non-hydrogen) atoms. The fourth-order valence-corrected chi connectivity index (χ4v) is 1.31. The van der Waals surface area contributed by atoms with Crippen LogP contribution in [0.15, 0.2) is 18.2 Å². The molecule has 1 atom stereocenters. The number of carbonyl (C=O) groups is 2. The van der Waals surface area contributed by atoms with Crippen LogP contribution in [0.1, 0.15) is 6.92 Å². The average molecular weight is 270 g/mol. The molecule has 6 nitrogen and oxygen atoms in total. The van der Waals surface area contributed by atoms with Gasteiger partial charge in [-0.15, -0.1) is 0 Å². The second kappa shape index (κ2) is 6.03. The topological polar surface area (TPSA) is 78.9 Å². The first kappa shape index (κ1) is 14.7. The Hall–Kier alpha value is -2.31. The van der Waals surface area contributed by atoms with Crippen molar-refractivity contribution >= 4 is 17.7 Å². The first-order chi connectivity index (χ1) is 8.85. The van der Waals surface area contributed by atoms with Crippen molar-refractivity contribution in [2.75, 3.05) is 19.5 Å². The number of anilines is 1. The lowest BCUT2D eigenvalue weighted by Crippen LogP contribution is -2.42. The SMILES string of the molecule is COc1cc(F)cc(NC(=O)N(C)C(C)C(=O)O)c1. The molecule has 0 fully saturated rings. The van der Waals surface area contributed by atoms with E-state index in [1.165, 1.54) is 33.2 Å². The number of nitrogens with zero attached hydrogens (tertiary/aromatic N) is 1. The van der Waals surface area contributed by atoms with E-state index < -0.39 is 23.9 Å². The summed E-state index contributed by atoms with van der Waals surface area (Å²) >= 11 is 0. The van der Waals surface area contributed by atoms with E-state index in [1.807, 2.05) is 0 Å². The molecule has 2 amide bonds. The number of carboxylic acid groups (broad SMARTS) is 1. The van der Waals surface area contributed by atoms with E-state index in [4.69, 9.17) is 9.84 Å². The number of carboxylic acids is 1. The lowest BCUT2D eigenvalue weighted by atomic mass is 10.3. The molecule has 0 saturated carbocycles. The van der Waals surface area contributed by atoms with Crippen molar-refractivity contribution in [2.24, 2.45) is 0 Å². The first-order valence-corrected chi connectivity index (χ1v) is 5.46. The predicted octanol–water partition coefficient (Wildman–Crippen LogP) is 1.77. The fourth-order valence-electron chi connectivity index (χ4n) is 1.31. The van der Waals surface area contributed by atoms with Crippen LogP contribution >= 0.6 is 0 Å². The summed E-state index contributed by atoms with van der Waals surface area (Å²) in [6, 6.07) is 2.07. The fraction of sp³-hybridized carbons (Fsp3) is 0.333. The largest absolute Gasteiger partial charge is 0.497 e. The molecule has 1 rings (SSSR count).